The van der Waals surface area contributed by atoms with Crippen LogP contribution < -0.4 is 5.32 Å². The molecule has 1 atom stereocenters. The van der Waals surface area contributed by atoms with Crippen LogP contribution in [0.4, 0.5) is 10.1 Å². The van der Waals surface area contributed by atoms with Crippen molar-refractivity contribution < 1.29 is 22.4 Å². The highest BCUT2D eigenvalue weighted by atomic mass is 79.9. The van der Waals surface area contributed by atoms with Crippen molar-refractivity contribution in [3.8, 4) is 0 Å². The molecule has 29 heavy (non-hydrogen) atoms. The minimum Gasteiger partial charge on any atom is -0.322 e. The first-order valence-corrected chi connectivity index (χ1v) is 11.3. The molecule has 0 bridgehead atoms. The molecule has 0 spiro atoms. The summed E-state index contributed by atoms with van der Waals surface area (Å²) in [6.07, 6.45) is 1.66. The molecular weight excluding hydrogens is 463 g/mol. The quantitative estimate of drug-likeness (QED) is 0.653. The van der Waals surface area contributed by atoms with Crippen LogP contribution in [0.1, 0.15) is 36.5 Å². The van der Waals surface area contributed by atoms with E-state index in [9.17, 15) is 22.4 Å². The van der Waals surface area contributed by atoms with Crippen molar-refractivity contribution in [2.75, 3.05) is 11.9 Å². The number of halogens is 2. The number of nitrogens with one attached hydrogen (secondary N) is 1. The third kappa shape index (κ3) is 4.73. The van der Waals surface area contributed by atoms with Crippen molar-refractivity contribution in [3.05, 3.63) is 58.3 Å². The molecule has 9 heteroatoms. The Morgan fingerprint density at radius 3 is 2.45 bits per heavy atom. The Balaban J connectivity index is 1.86. The lowest BCUT2D eigenvalue weighted by molar-refractivity contribution is -0.120. The standard InChI is InChI=1S/C20H20BrFN2O4S/c1-13(25)14-5-8-16(9-6-14)29(27,28)24-11-3-2-4-19(24)20(26)23-18-10-7-15(21)12-17(18)22/h5-10,12,19H,2-4,11H2,1H3,(H,23,26). The number of nitrogens with zero attached hydrogens (tertiary/aromatic N) is 1. The minimum absolute atomic E-state index is 0.00747. The van der Waals surface area contributed by atoms with Gasteiger partial charge >= 0.3 is 0 Å². The molecule has 1 fully saturated rings. The van der Waals surface area contributed by atoms with E-state index in [0.29, 0.717) is 29.3 Å². The fourth-order valence-electron chi connectivity index (χ4n) is 3.26. The zero-order valence-corrected chi connectivity index (χ0v) is 18.1. The zero-order valence-electron chi connectivity index (χ0n) is 15.7. The van der Waals surface area contributed by atoms with Gasteiger partial charge in [-0.3, -0.25) is 9.59 Å². The SMILES string of the molecule is CC(=O)c1ccc(S(=O)(=O)N2CCCCC2C(=O)Nc2ccc(Br)cc2F)cc1. The van der Waals surface area contributed by atoms with Crippen LogP contribution in [0.5, 0.6) is 0 Å². The van der Waals surface area contributed by atoms with Crippen LogP contribution in [-0.4, -0.2) is 37.0 Å². The maximum Gasteiger partial charge on any atom is 0.243 e. The van der Waals surface area contributed by atoms with Gasteiger partial charge in [-0.05, 0) is 50.1 Å². The van der Waals surface area contributed by atoms with E-state index in [2.05, 4.69) is 21.2 Å². The molecule has 1 heterocycles. The normalized spacial score (nSPS) is 17.7. The maximum atomic E-state index is 14.1. The fraction of sp³-hybridized carbons (Fsp3) is 0.300. The van der Waals surface area contributed by atoms with Crippen molar-refractivity contribution in [2.45, 2.75) is 37.1 Å². The van der Waals surface area contributed by atoms with Gasteiger partial charge in [-0.15, -0.1) is 0 Å². The smallest absolute Gasteiger partial charge is 0.243 e. The van der Waals surface area contributed by atoms with E-state index < -0.39 is 27.8 Å². The molecule has 2 aromatic rings. The van der Waals surface area contributed by atoms with E-state index in [1.807, 2.05) is 0 Å². The zero-order chi connectivity index (χ0) is 21.2. The Kier molecular flexibility index (Phi) is 6.50. The maximum absolute atomic E-state index is 14.1. The number of rotatable bonds is 5. The molecule has 1 unspecified atom stereocenters. The molecule has 3 rings (SSSR count). The van der Waals surface area contributed by atoms with Crippen LogP contribution in [-0.2, 0) is 14.8 Å². The van der Waals surface area contributed by atoms with E-state index in [1.165, 1.54) is 43.3 Å². The first-order chi connectivity index (χ1) is 13.7. The summed E-state index contributed by atoms with van der Waals surface area (Å²) < 4.78 is 42.0. The molecule has 1 N–H and O–H groups in total. The summed E-state index contributed by atoms with van der Waals surface area (Å²) >= 11 is 3.15. The summed E-state index contributed by atoms with van der Waals surface area (Å²) in [4.78, 5) is 24.2. The lowest BCUT2D eigenvalue weighted by atomic mass is 10.0. The monoisotopic (exact) mass is 482 g/mol. The molecule has 1 aliphatic rings. The fourth-order valence-corrected chi connectivity index (χ4v) is 5.25. The van der Waals surface area contributed by atoms with Crippen LogP contribution in [0.2, 0.25) is 0 Å². The summed E-state index contributed by atoms with van der Waals surface area (Å²) in [7, 11) is -3.95. The summed E-state index contributed by atoms with van der Waals surface area (Å²) in [5.41, 5.74) is 0.398. The minimum atomic E-state index is -3.95. The van der Waals surface area contributed by atoms with Crippen LogP contribution in [0.25, 0.3) is 0 Å². The second kappa shape index (κ2) is 8.73. The number of carbonyl (C=O) groups is 2. The second-order valence-electron chi connectivity index (χ2n) is 6.82. The largest absolute Gasteiger partial charge is 0.322 e. The van der Waals surface area contributed by atoms with Gasteiger partial charge in [-0.25, -0.2) is 12.8 Å². The van der Waals surface area contributed by atoms with Crippen LogP contribution in [0.15, 0.2) is 51.8 Å². The van der Waals surface area contributed by atoms with Crippen LogP contribution >= 0.6 is 15.9 Å². The number of amides is 1. The molecule has 154 valence electrons. The first kappa shape index (κ1) is 21.6. The molecule has 0 aliphatic carbocycles. The highest BCUT2D eigenvalue weighted by molar-refractivity contribution is 9.10. The van der Waals surface area contributed by atoms with Gasteiger partial charge in [0.05, 0.1) is 10.6 Å². The van der Waals surface area contributed by atoms with E-state index in [0.717, 1.165) is 4.31 Å². The number of hydrogen-bond acceptors (Lipinski definition) is 4. The van der Waals surface area contributed by atoms with Gasteiger partial charge in [0.15, 0.2) is 5.78 Å². The highest BCUT2D eigenvalue weighted by Gasteiger charge is 2.37. The summed E-state index contributed by atoms with van der Waals surface area (Å²) in [5.74, 6) is -1.35. The summed E-state index contributed by atoms with van der Waals surface area (Å²) in [6.45, 7) is 1.59. The van der Waals surface area contributed by atoms with E-state index >= 15 is 0 Å². The first-order valence-electron chi connectivity index (χ1n) is 9.09. The van der Waals surface area contributed by atoms with Crippen LogP contribution in [0, 0.1) is 5.82 Å². The molecule has 0 aromatic heterocycles. The predicted octanol–water partition coefficient (Wildman–Crippen LogP) is 3.97. The van der Waals surface area contributed by atoms with Gasteiger partial charge in [0, 0.05) is 16.6 Å². The van der Waals surface area contributed by atoms with Crippen LogP contribution in [0.3, 0.4) is 0 Å². The third-order valence-corrected chi connectivity index (χ3v) is 7.23. The Morgan fingerprint density at radius 2 is 1.83 bits per heavy atom. The van der Waals surface area contributed by atoms with Gasteiger partial charge < -0.3 is 5.32 Å². The van der Waals surface area contributed by atoms with Crippen molar-refractivity contribution >= 4 is 43.3 Å². The third-order valence-electron chi connectivity index (χ3n) is 4.81. The molecule has 1 amide bonds. The van der Waals surface area contributed by atoms with Gasteiger partial charge in [0.1, 0.15) is 11.9 Å². The summed E-state index contributed by atoms with van der Waals surface area (Å²) in [6, 6.07) is 8.92. The lowest BCUT2D eigenvalue weighted by Crippen LogP contribution is -2.49. The number of benzene rings is 2. The summed E-state index contributed by atoms with van der Waals surface area (Å²) in [5, 5.41) is 2.50. The van der Waals surface area contributed by atoms with Crippen molar-refractivity contribution in [3.63, 3.8) is 0 Å². The molecular formula is C20H20BrFN2O4S. The Bertz CT molecular complexity index is 1040. The van der Waals surface area contributed by atoms with Gasteiger partial charge in [0.2, 0.25) is 15.9 Å². The molecule has 1 aliphatic heterocycles. The van der Waals surface area contributed by atoms with Crippen molar-refractivity contribution in [2.24, 2.45) is 0 Å². The topological polar surface area (TPSA) is 83.6 Å². The molecule has 6 nitrogen and oxygen atoms in total. The molecule has 2 aromatic carbocycles. The molecule has 1 saturated heterocycles. The Labute approximate surface area is 177 Å². The van der Waals surface area contributed by atoms with E-state index in [1.54, 1.807) is 6.07 Å². The number of anilines is 1. The average molecular weight is 483 g/mol. The molecule has 0 saturated carbocycles. The lowest BCUT2D eigenvalue weighted by Gasteiger charge is -2.33. The highest BCUT2D eigenvalue weighted by Crippen LogP contribution is 2.27. The second-order valence-corrected chi connectivity index (χ2v) is 9.63. The van der Waals surface area contributed by atoms with Gasteiger partial charge in [-0.1, -0.05) is 34.5 Å². The average Bonchev–Trinajstić information content (AvgIpc) is 2.70. The number of sulfonamides is 1. The number of hydrogen-bond donors (Lipinski definition) is 1. The van der Waals surface area contributed by atoms with Crippen molar-refractivity contribution in [1.29, 1.82) is 0 Å². The van der Waals surface area contributed by atoms with E-state index in [4.69, 9.17) is 0 Å². The molecule has 0 radical (unpaired) electrons. The number of Topliss-reactive ketones (excluding diaryl/α,β-unsaturated/α-hetero) is 1. The van der Waals surface area contributed by atoms with E-state index in [-0.39, 0.29) is 22.9 Å². The van der Waals surface area contributed by atoms with Crippen molar-refractivity contribution in [1.82, 2.24) is 4.31 Å². The van der Waals surface area contributed by atoms with Gasteiger partial charge in [0.25, 0.3) is 0 Å². The number of piperidine rings is 1. The Morgan fingerprint density at radius 1 is 1.14 bits per heavy atom. The number of ketones is 1. The number of carbonyl (C=O) groups excluding carboxylic acids is 2. The Hall–Kier alpha value is -2.10. The van der Waals surface area contributed by atoms with Gasteiger partial charge in [-0.2, -0.15) is 4.31 Å². The predicted molar refractivity (Wildman–Crippen MR) is 111 cm³/mol.